The van der Waals surface area contributed by atoms with Gasteiger partial charge >= 0.3 is 18.0 Å². The van der Waals surface area contributed by atoms with Crippen molar-refractivity contribution >= 4 is 18.0 Å². The number of hydrogen-bond acceptors (Lipinski definition) is 4. The lowest BCUT2D eigenvalue weighted by molar-refractivity contribution is -0.148. The Bertz CT molecular complexity index is 351. The highest BCUT2D eigenvalue weighted by atomic mass is 16.5. The van der Waals surface area contributed by atoms with E-state index in [0.717, 1.165) is 6.42 Å². The van der Waals surface area contributed by atoms with Crippen molar-refractivity contribution in [3.63, 3.8) is 0 Å². The maximum absolute atomic E-state index is 11.6. The van der Waals surface area contributed by atoms with Crippen molar-refractivity contribution < 1.29 is 24.2 Å². The second-order valence-corrected chi connectivity index (χ2v) is 4.31. The molecule has 1 saturated carbocycles. The molecule has 0 bridgehead atoms. The first kappa shape index (κ1) is 14.3. The number of rotatable bonds is 5. The molecule has 0 aliphatic heterocycles. The molecule has 0 aromatic rings. The quantitative estimate of drug-likeness (QED) is 0.613. The Hall–Kier alpha value is -1.79. The van der Waals surface area contributed by atoms with Gasteiger partial charge in [0, 0.05) is 0 Å². The second-order valence-electron chi connectivity index (χ2n) is 4.31. The number of carboxylic acids is 1. The van der Waals surface area contributed by atoms with Crippen LogP contribution in [0.15, 0.2) is 0 Å². The number of carbonyl (C=O) groups is 3. The first-order chi connectivity index (χ1) is 8.41. The summed E-state index contributed by atoms with van der Waals surface area (Å²) in [6, 6.07) is -1.48. The number of hydrogen-bond donors (Lipinski definition) is 3. The Morgan fingerprint density at radius 2 is 2.00 bits per heavy atom. The standard InChI is InChI=1S/C11H18N2O5/c1-3-18-8(14)7(2)12-10(17)13-11(9(15)16)5-4-6-11/h7H,3-6H2,1-2H3,(H,15,16)(H2,12,13,17). The van der Waals surface area contributed by atoms with Gasteiger partial charge in [0.2, 0.25) is 0 Å². The minimum Gasteiger partial charge on any atom is -0.480 e. The van der Waals surface area contributed by atoms with Crippen molar-refractivity contribution in [2.45, 2.75) is 44.7 Å². The highest BCUT2D eigenvalue weighted by Gasteiger charge is 2.45. The summed E-state index contributed by atoms with van der Waals surface area (Å²) in [5.74, 6) is -1.60. The average molecular weight is 258 g/mol. The maximum Gasteiger partial charge on any atom is 0.329 e. The molecule has 1 aliphatic rings. The lowest BCUT2D eigenvalue weighted by atomic mass is 9.77. The smallest absolute Gasteiger partial charge is 0.329 e. The van der Waals surface area contributed by atoms with Gasteiger partial charge in [0.15, 0.2) is 0 Å². The number of amides is 2. The lowest BCUT2D eigenvalue weighted by Crippen LogP contribution is -2.62. The number of carbonyl (C=O) groups excluding carboxylic acids is 2. The van der Waals surface area contributed by atoms with Crippen LogP contribution in [0.25, 0.3) is 0 Å². The van der Waals surface area contributed by atoms with Gasteiger partial charge in [-0.1, -0.05) is 0 Å². The highest BCUT2D eigenvalue weighted by Crippen LogP contribution is 2.31. The molecule has 0 heterocycles. The molecule has 0 saturated heterocycles. The zero-order chi connectivity index (χ0) is 13.8. The number of urea groups is 1. The number of ether oxygens (including phenoxy) is 1. The Balaban J connectivity index is 2.46. The van der Waals surface area contributed by atoms with Gasteiger partial charge in [-0.05, 0) is 33.1 Å². The van der Waals surface area contributed by atoms with Crippen LogP contribution in [-0.2, 0) is 14.3 Å². The summed E-state index contributed by atoms with van der Waals surface area (Å²) >= 11 is 0. The van der Waals surface area contributed by atoms with Crippen LogP contribution in [0.5, 0.6) is 0 Å². The maximum atomic E-state index is 11.6. The Morgan fingerprint density at radius 3 is 2.39 bits per heavy atom. The zero-order valence-electron chi connectivity index (χ0n) is 10.5. The molecule has 1 unspecified atom stereocenters. The molecule has 1 fully saturated rings. The predicted octanol–water partition coefficient (Wildman–Crippen LogP) is 0.245. The molecular formula is C11H18N2O5. The third-order valence-corrected chi connectivity index (χ3v) is 2.96. The second kappa shape index (κ2) is 5.70. The summed E-state index contributed by atoms with van der Waals surface area (Å²) in [5, 5.41) is 13.8. The van der Waals surface area contributed by atoms with E-state index in [0.29, 0.717) is 12.8 Å². The van der Waals surface area contributed by atoms with Gasteiger partial charge in [-0.25, -0.2) is 14.4 Å². The van der Waals surface area contributed by atoms with Gasteiger partial charge in [-0.3, -0.25) is 0 Å². The van der Waals surface area contributed by atoms with Gasteiger partial charge in [0.1, 0.15) is 11.6 Å². The van der Waals surface area contributed by atoms with Crippen LogP contribution >= 0.6 is 0 Å². The van der Waals surface area contributed by atoms with Gasteiger partial charge in [-0.15, -0.1) is 0 Å². The zero-order valence-corrected chi connectivity index (χ0v) is 10.5. The average Bonchev–Trinajstić information content (AvgIpc) is 2.23. The summed E-state index contributed by atoms with van der Waals surface area (Å²) in [6.45, 7) is 3.37. The molecule has 102 valence electrons. The predicted molar refractivity (Wildman–Crippen MR) is 62.0 cm³/mol. The van der Waals surface area contributed by atoms with Crippen LogP contribution in [0.4, 0.5) is 4.79 Å². The molecule has 1 rings (SSSR count). The normalized spacial score (nSPS) is 18.1. The summed E-state index contributed by atoms with van der Waals surface area (Å²) < 4.78 is 4.72. The third-order valence-electron chi connectivity index (χ3n) is 2.96. The van der Waals surface area contributed by atoms with E-state index in [-0.39, 0.29) is 6.61 Å². The number of esters is 1. The summed E-state index contributed by atoms with van der Waals surface area (Å²) in [5.41, 5.74) is -1.18. The topological polar surface area (TPSA) is 105 Å². The number of aliphatic carboxylic acids is 1. The lowest BCUT2D eigenvalue weighted by Gasteiger charge is -2.38. The summed E-state index contributed by atoms with van der Waals surface area (Å²) in [7, 11) is 0. The molecule has 0 spiro atoms. The Morgan fingerprint density at radius 1 is 1.39 bits per heavy atom. The van der Waals surface area contributed by atoms with E-state index in [1.807, 2.05) is 0 Å². The van der Waals surface area contributed by atoms with E-state index in [2.05, 4.69) is 10.6 Å². The fourth-order valence-corrected chi connectivity index (χ4v) is 1.70. The highest BCUT2D eigenvalue weighted by molar-refractivity contribution is 5.89. The molecule has 1 aliphatic carbocycles. The fraction of sp³-hybridized carbons (Fsp3) is 0.727. The molecule has 0 radical (unpaired) electrons. The Kier molecular flexibility index (Phi) is 4.52. The molecule has 7 nitrogen and oxygen atoms in total. The van der Waals surface area contributed by atoms with Crippen LogP contribution in [0.2, 0.25) is 0 Å². The Labute approximate surface area is 105 Å². The van der Waals surface area contributed by atoms with Crippen LogP contribution in [0.1, 0.15) is 33.1 Å². The molecule has 3 N–H and O–H groups in total. The van der Waals surface area contributed by atoms with E-state index in [4.69, 9.17) is 9.84 Å². The monoisotopic (exact) mass is 258 g/mol. The van der Waals surface area contributed by atoms with Crippen LogP contribution < -0.4 is 10.6 Å². The van der Waals surface area contributed by atoms with Crippen molar-refractivity contribution in [1.29, 1.82) is 0 Å². The van der Waals surface area contributed by atoms with E-state index < -0.39 is 29.6 Å². The molecule has 18 heavy (non-hydrogen) atoms. The molecule has 0 aromatic carbocycles. The first-order valence-corrected chi connectivity index (χ1v) is 5.90. The first-order valence-electron chi connectivity index (χ1n) is 5.90. The van der Waals surface area contributed by atoms with Gasteiger partial charge < -0.3 is 20.5 Å². The minimum atomic E-state index is -1.18. The fourth-order valence-electron chi connectivity index (χ4n) is 1.70. The molecular weight excluding hydrogens is 240 g/mol. The molecule has 1 atom stereocenters. The number of nitrogens with one attached hydrogen (secondary N) is 2. The largest absolute Gasteiger partial charge is 0.480 e. The number of carboxylic acid groups (broad SMARTS) is 1. The van der Waals surface area contributed by atoms with E-state index in [1.165, 1.54) is 6.92 Å². The minimum absolute atomic E-state index is 0.228. The third kappa shape index (κ3) is 3.12. The van der Waals surface area contributed by atoms with Gasteiger partial charge in [0.25, 0.3) is 0 Å². The van der Waals surface area contributed by atoms with Crippen LogP contribution in [0, 0.1) is 0 Å². The van der Waals surface area contributed by atoms with Crippen molar-refractivity contribution in [2.75, 3.05) is 6.61 Å². The van der Waals surface area contributed by atoms with Crippen molar-refractivity contribution in [2.24, 2.45) is 0 Å². The SMILES string of the molecule is CCOC(=O)C(C)NC(=O)NC1(C(=O)O)CCC1. The van der Waals surface area contributed by atoms with E-state index >= 15 is 0 Å². The molecule has 7 heteroatoms. The van der Waals surface area contributed by atoms with Crippen LogP contribution in [0.3, 0.4) is 0 Å². The van der Waals surface area contributed by atoms with E-state index in [9.17, 15) is 14.4 Å². The van der Waals surface area contributed by atoms with Crippen molar-refractivity contribution in [3.8, 4) is 0 Å². The van der Waals surface area contributed by atoms with Crippen molar-refractivity contribution in [1.82, 2.24) is 10.6 Å². The van der Waals surface area contributed by atoms with E-state index in [1.54, 1.807) is 6.92 Å². The van der Waals surface area contributed by atoms with Gasteiger partial charge in [-0.2, -0.15) is 0 Å². The van der Waals surface area contributed by atoms with Crippen LogP contribution in [-0.4, -0.2) is 41.3 Å². The molecule has 0 aromatic heterocycles. The summed E-state index contributed by atoms with van der Waals surface area (Å²) in [6.07, 6.45) is 1.58. The molecule has 2 amide bonds. The summed E-state index contributed by atoms with van der Waals surface area (Å²) in [4.78, 5) is 33.9. The van der Waals surface area contributed by atoms with Crippen molar-refractivity contribution in [3.05, 3.63) is 0 Å². The van der Waals surface area contributed by atoms with Gasteiger partial charge in [0.05, 0.1) is 6.61 Å².